The zero-order chi connectivity index (χ0) is 39.2. The number of likely N-dealkylation sites (N-methyl/N-ethyl adjacent to an activating group) is 1. The molecule has 1 aliphatic rings. The number of hydrogen-bond acceptors (Lipinski definition) is 9. The van der Waals surface area contributed by atoms with Gasteiger partial charge in [0, 0.05) is 57.9 Å². The van der Waals surface area contributed by atoms with E-state index in [1.165, 1.54) is 18.7 Å². The van der Waals surface area contributed by atoms with Crippen molar-refractivity contribution >= 4 is 41.9 Å². The number of anilines is 1. The minimum absolute atomic E-state index is 0.0197. The third-order valence-corrected chi connectivity index (χ3v) is 8.16. The summed E-state index contributed by atoms with van der Waals surface area (Å²) in [5.74, 6) is -2.18. The van der Waals surface area contributed by atoms with Crippen molar-refractivity contribution in [2.75, 3.05) is 73.4 Å². The summed E-state index contributed by atoms with van der Waals surface area (Å²) in [5, 5.41) is 13.3. The number of nitrogens with zero attached hydrogens (tertiary/aromatic N) is 4. The van der Waals surface area contributed by atoms with Crippen molar-refractivity contribution in [2.45, 2.75) is 25.1 Å². The largest absolute Gasteiger partial charge is 0.496 e. The number of rotatable bonds is 11. The number of aliphatic hydroxyl groups is 1. The fourth-order valence-corrected chi connectivity index (χ4v) is 5.43. The molecule has 1 fully saturated rings. The Morgan fingerprint density at radius 3 is 2.19 bits per heavy atom. The van der Waals surface area contributed by atoms with Gasteiger partial charge in [-0.1, -0.05) is 11.6 Å². The fourth-order valence-electron chi connectivity index (χ4n) is 5.17. The molecule has 3 aromatic rings. The van der Waals surface area contributed by atoms with Gasteiger partial charge in [-0.3, -0.25) is 19.2 Å². The zero-order valence-electron chi connectivity index (χ0n) is 29.7. The Labute approximate surface area is 304 Å². The maximum Gasteiger partial charge on any atom is 0.422 e. The van der Waals surface area contributed by atoms with E-state index in [-0.39, 0.29) is 28.9 Å². The molecule has 0 saturated carbocycles. The van der Waals surface area contributed by atoms with Crippen LogP contribution in [0.25, 0.3) is 11.3 Å². The molecule has 13 nitrogen and oxygen atoms in total. The van der Waals surface area contributed by atoms with Gasteiger partial charge in [-0.25, -0.2) is 9.37 Å². The third-order valence-electron chi connectivity index (χ3n) is 7.85. The van der Waals surface area contributed by atoms with E-state index in [1.807, 2.05) is 20.2 Å². The van der Waals surface area contributed by atoms with E-state index in [9.17, 15) is 37.1 Å². The first kappa shape index (κ1) is 43.4. The molecule has 52 heavy (non-hydrogen) atoms. The highest BCUT2D eigenvalue weighted by molar-refractivity contribution is 6.34. The molecule has 1 saturated heterocycles. The highest BCUT2D eigenvalue weighted by atomic mass is 35.5. The molecular formula is C34H44ClF4N6O7+. The summed E-state index contributed by atoms with van der Waals surface area (Å²) in [4.78, 5) is 53.0. The topological polar surface area (TPSA) is 148 Å². The number of nitrogens with one attached hydrogen (secondary N) is 2. The Bertz CT molecular complexity index is 1660. The number of benzene rings is 2. The normalized spacial score (nSPS) is 13.2. The van der Waals surface area contributed by atoms with Crippen LogP contribution in [0, 0.1) is 5.82 Å². The Balaban J connectivity index is 0.000000334. The summed E-state index contributed by atoms with van der Waals surface area (Å²) in [7, 11) is 9.48. The Morgan fingerprint density at radius 2 is 1.71 bits per heavy atom. The van der Waals surface area contributed by atoms with Crippen molar-refractivity contribution < 1.29 is 56.2 Å². The number of ether oxygens (including phenoxy) is 2. The predicted molar refractivity (Wildman–Crippen MR) is 185 cm³/mol. The lowest BCUT2D eigenvalue weighted by Crippen LogP contribution is -3.07. The molecule has 1 aromatic heterocycles. The van der Waals surface area contributed by atoms with Crippen LogP contribution in [0.2, 0.25) is 5.02 Å². The smallest absolute Gasteiger partial charge is 0.422 e. The molecular weight excluding hydrogens is 716 g/mol. The van der Waals surface area contributed by atoms with Gasteiger partial charge in [-0.2, -0.15) is 13.2 Å². The maximum atomic E-state index is 14.3. The lowest BCUT2D eigenvalue weighted by atomic mass is 10.1. The fraction of sp³-hybridized carbons (Fsp3) is 0.441. The highest BCUT2D eigenvalue weighted by Gasteiger charge is 2.39. The summed E-state index contributed by atoms with van der Waals surface area (Å²) >= 11 is 6.23. The van der Waals surface area contributed by atoms with E-state index in [0.29, 0.717) is 68.9 Å². The number of quaternary nitrogens is 1. The first-order valence-electron chi connectivity index (χ1n) is 15.9. The van der Waals surface area contributed by atoms with Gasteiger partial charge in [-0.15, -0.1) is 0 Å². The predicted octanol–water partition coefficient (Wildman–Crippen LogP) is 2.81. The second-order valence-electron chi connectivity index (χ2n) is 11.7. The van der Waals surface area contributed by atoms with Gasteiger partial charge in [0.2, 0.25) is 5.91 Å². The van der Waals surface area contributed by atoms with Crippen LogP contribution in [-0.4, -0.2) is 123 Å². The van der Waals surface area contributed by atoms with Crippen LogP contribution in [0.4, 0.5) is 23.2 Å². The van der Waals surface area contributed by atoms with Crippen LogP contribution in [0.3, 0.4) is 0 Å². The number of halogens is 5. The second-order valence-corrected chi connectivity index (χ2v) is 12.1. The molecule has 286 valence electrons. The molecule has 1 aliphatic heterocycles. The van der Waals surface area contributed by atoms with Gasteiger partial charge < -0.3 is 39.2 Å². The minimum Gasteiger partial charge on any atom is -0.496 e. The molecule has 2 aromatic carbocycles. The number of alkyl halides is 3. The number of methoxy groups -OCH3 is 2. The first-order valence-corrected chi connectivity index (χ1v) is 16.3. The summed E-state index contributed by atoms with van der Waals surface area (Å²) in [5.41, 5.74) is -0.417. The monoisotopic (exact) mass is 759 g/mol. The van der Waals surface area contributed by atoms with Crippen molar-refractivity contribution in [1.29, 1.82) is 0 Å². The first-order chi connectivity index (χ1) is 24.5. The highest BCUT2D eigenvalue weighted by Crippen LogP contribution is 2.41. The molecule has 0 unspecified atom stereocenters. The van der Waals surface area contributed by atoms with Gasteiger partial charge in [-0.05, 0) is 36.8 Å². The average molecular weight is 760 g/mol. The summed E-state index contributed by atoms with van der Waals surface area (Å²) in [6, 6.07) is 7.45. The molecule has 2 amide bonds. The van der Waals surface area contributed by atoms with Crippen LogP contribution < -0.4 is 15.0 Å². The van der Waals surface area contributed by atoms with Crippen LogP contribution in [0.1, 0.15) is 39.4 Å². The molecule has 0 bridgehead atoms. The molecule has 0 spiro atoms. The Kier molecular flexibility index (Phi) is 17.0. The number of carbonyl (C=O) groups excluding carboxylic acids is 4. The van der Waals surface area contributed by atoms with Crippen molar-refractivity contribution in [3.63, 3.8) is 0 Å². The van der Waals surface area contributed by atoms with E-state index in [2.05, 4.69) is 19.8 Å². The number of hydrogen-bond donors (Lipinski definition) is 3. The zero-order valence-corrected chi connectivity index (χ0v) is 30.5. The number of carbonyl (C=O) groups is 4. The molecule has 3 N–H and O–H groups in total. The van der Waals surface area contributed by atoms with Crippen molar-refractivity contribution in [1.82, 2.24) is 19.4 Å². The van der Waals surface area contributed by atoms with Crippen LogP contribution >= 0.6 is 11.6 Å². The van der Waals surface area contributed by atoms with Crippen LogP contribution in [-0.2, 0) is 27.5 Å². The summed E-state index contributed by atoms with van der Waals surface area (Å²) < 4.78 is 62.8. The number of amides is 2. The molecule has 0 radical (unpaired) electrons. The quantitative estimate of drug-likeness (QED) is 0.199. The molecule has 18 heteroatoms. The van der Waals surface area contributed by atoms with E-state index in [1.54, 1.807) is 29.0 Å². The van der Waals surface area contributed by atoms with Gasteiger partial charge >= 0.3 is 6.18 Å². The number of aliphatic hydroxyl groups excluding tert-OH is 1. The number of aromatic nitrogens is 2. The summed E-state index contributed by atoms with van der Waals surface area (Å²) in [6.07, 6.45) is -3.01. The SMILES string of the molecule is CNc1ccc(C(=O)N2CCN(C(=O)CC[C@@H](O)C[NH+](C)C)CC2)c(Cl)c1.COC=O.COc1ccc(-c2cnc(C=O)n2C)c(F)c1C(F)(F)F. The summed E-state index contributed by atoms with van der Waals surface area (Å²) in [6.45, 7) is 2.98. The van der Waals surface area contributed by atoms with E-state index in [4.69, 9.17) is 16.4 Å². The Hall–Kier alpha value is -4.74. The molecule has 2 heterocycles. The van der Waals surface area contributed by atoms with Crippen molar-refractivity contribution in [3.8, 4) is 17.0 Å². The van der Waals surface area contributed by atoms with Gasteiger partial charge in [0.15, 0.2) is 12.1 Å². The minimum atomic E-state index is -4.91. The van der Waals surface area contributed by atoms with Crippen molar-refractivity contribution in [3.05, 3.63) is 64.3 Å². The molecule has 0 aliphatic carbocycles. The Morgan fingerprint density at radius 1 is 1.10 bits per heavy atom. The standard InChI is InChI=1S/C19H29ClN4O3.C13H10F4N2O2.C2H4O2/c1-21-14-4-6-16(17(20)12-14)19(27)24-10-8-23(9-11-24)18(26)7-5-15(25)13-22(2)3;1-19-8(5-18-10(19)6-20)7-3-4-9(21-2)11(12(7)14)13(15,16)17;1-4-2-3/h4,6,12,15,21,25H,5,7-11,13H2,1-3H3;3-6H,1-2H3;2H,1H3/p+1/t15-;;/m1../s1. The lowest BCUT2D eigenvalue weighted by Gasteiger charge is -2.35. The van der Waals surface area contributed by atoms with E-state index < -0.39 is 29.4 Å². The van der Waals surface area contributed by atoms with Crippen LogP contribution in [0.5, 0.6) is 5.75 Å². The molecule has 1 atom stereocenters. The van der Waals surface area contributed by atoms with Gasteiger partial charge in [0.25, 0.3) is 12.4 Å². The van der Waals surface area contributed by atoms with Crippen LogP contribution in [0.15, 0.2) is 36.5 Å². The average Bonchev–Trinajstić information content (AvgIpc) is 3.49. The molecule has 4 rings (SSSR count). The second kappa shape index (κ2) is 20.3. The van der Waals surface area contributed by atoms with Gasteiger partial charge in [0.05, 0.1) is 50.8 Å². The van der Waals surface area contributed by atoms with E-state index >= 15 is 0 Å². The maximum absolute atomic E-state index is 14.3. The lowest BCUT2D eigenvalue weighted by molar-refractivity contribution is -0.861. The van der Waals surface area contributed by atoms with Gasteiger partial charge in [0.1, 0.15) is 29.8 Å². The van der Waals surface area contributed by atoms with Crippen molar-refractivity contribution in [2.24, 2.45) is 7.05 Å². The van der Waals surface area contributed by atoms with E-state index in [0.717, 1.165) is 36.0 Å². The number of aldehydes is 1. The number of piperazine rings is 1. The third kappa shape index (κ3) is 11.9. The number of imidazole rings is 1.